The first-order valence-electron chi connectivity index (χ1n) is 8.85. The Morgan fingerprint density at radius 3 is 2.69 bits per heavy atom. The van der Waals surface area contributed by atoms with E-state index < -0.39 is 11.9 Å². The number of hydrogen-bond donors (Lipinski definition) is 2. The minimum absolute atomic E-state index is 0.0710. The summed E-state index contributed by atoms with van der Waals surface area (Å²) in [7, 11) is 0. The van der Waals surface area contributed by atoms with Crippen molar-refractivity contribution in [3.63, 3.8) is 0 Å². The standard InChI is InChI=1S/C21H20ClN3O3S/c1-4-10-28-20(27)15-12(3)23-18-17(16(15)13-6-8-14(22)9-7-13)19(26)25-21(24-18)29-11-5-2/h4-9,16H,1-2,10-11H2,3H3,(H2,23,24,25,26). The average molecular weight is 430 g/mol. The fraction of sp³-hybridized carbons (Fsp3) is 0.190. The van der Waals surface area contributed by atoms with Crippen LogP contribution in [0.1, 0.15) is 24.0 Å². The minimum Gasteiger partial charge on any atom is -0.458 e. The molecule has 0 radical (unpaired) electrons. The molecule has 0 fully saturated rings. The van der Waals surface area contributed by atoms with Crippen molar-refractivity contribution in [2.75, 3.05) is 17.7 Å². The van der Waals surface area contributed by atoms with E-state index in [-0.39, 0.29) is 12.2 Å². The van der Waals surface area contributed by atoms with Gasteiger partial charge in [-0.25, -0.2) is 9.78 Å². The number of ether oxygens (including phenoxy) is 1. The van der Waals surface area contributed by atoms with Crippen molar-refractivity contribution in [2.24, 2.45) is 0 Å². The van der Waals surface area contributed by atoms with Gasteiger partial charge in [0.25, 0.3) is 5.56 Å². The van der Waals surface area contributed by atoms with Crippen LogP contribution in [-0.2, 0) is 9.53 Å². The maximum atomic E-state index is 13.0. The van der Waals surface area contributed by atoms with Gasteiger partial charge in [-0.1, -0.05) is 54.2 Å². The van der Waals surface area contributed by atoms with Gasteiger partial charge < -0.3 is 15.0 Å². The van der Waals surface area contributed by atoms with Crippen LogP contribution in [0.15, 0.2) is 70.8 Å². The predicted octanol–water partition coefficient (Wildman–Crippen LogP) is 4.26. The second kappa shape index (κ2) is 9.15. The van der Waals surface area contributed by atoms with Gasteiger partial charge in [-0.2, -0.15) is 0 Å². The van der Waals surface area contributed by atoms with Crippen molar-refractivity contribution in [3.05, 3.63) is 87.3 Å². The summed E-state index contributed by atoms with van der Waals surface area (Å²) >= 11 is 7.39. The number of carbonyl (C=O) groups is 1. The molecule has 2 N–H and O–H groups in total. The third-order valence-corrected chi connectivity index (χ3v) is 5.44. The Morgan fingerprint density at radius 1 is 1.31 bits per heavy atom. The monoisotopic (exact) mass is 429 g/mol. The van der Waals surface area contributed by atoms with Crippen molar-refractivity contribution >= 4 is 35.1 Å². The number of aromatic nitrogens is 2. The average Bonchev–Trinajstić information content (AvgIpc) is 2.70. The molecule has 0 bridgehead atoms. The van der Waals surface area contributed by atoms with Crippen molar-refractivity contribution < 1.29 is 9.53 Å². The number of rotatable bonds is 7. The van der Waals surface area contributed by atoms with Crippen LogP contribution in [0.25, 0.3) is 0 Å². The van der Waals surface area contributed by atoms with E-state index in [1.54, 1.807) is 37.3 Å². The Kier molecular flexibility index (Phi) is 6.61. The minimum atomic E-state index is -0.643. The van der Waals surface area contributed by atoms with Gasteiger partial charge in [0.1, 0.15) is 12.4 Å². The molecule has 1 unspecified atom stereocenters. The molecule has 6 nitrogen and oxygen atoms in total. The van der Waals surface area contributed by atoms with Gasteiger partial charge >= 0.3 is 5.97 Å². The van der Waals surface area contributed by atoms with Gasteiger partial charge in [-0.3, -0.25) is 4.79 Å². The molecule has 1 aromatic carbocycles. The lowest BCUT2D eigenvalue weighted by atomic mass is 9.82. The predicted molar refractivity (Wildman–Crippen MR) is 117 cm³/mol. The molecule has 0 saturated carbocycles. The van der Waals surface area contributed by atoms with E-state index in [0.29, 0.717) is 38.6 Å². The number of esters is 1. The number of nitrogens with one attached hydrogen (secondary N) is 2. The fourth-order valence-electron chi connectivity index (χ4n) is 3.11. The molecule has 0 spiro atoms. The zero-order chi connectivity index (χ0) is 21.0. The smallest absolute Gasteiger partial charge is 0.337 e. The van der Waals surface area contributed by atoms with E-state index in [4.69, 9.17) is 16.3 Å². The highest BCUT2D eigenvalue weighted by Gasteiger charge is 2.36. The normalized spacial score (nSPS) is 15.3. The van der Waals surface area contributed by atoms with E-state index in [1.807, 2.05) is 0 Å². The topological polar surface area (TPSA) is 84.1 Å². The van der Waals surface area contributed by atoms with Gasteiger partial charge in [0.15, 0.2) is 5.16 Å². The lowest BCUT2D eigenvalue weighted by molar-refractivity contribution is -0.138. The van der Waals surface area contributed by atoms with Crippen molar-refractivity contribution in [2.45, 2.75) is 18.0 Å². The second-order valence-corrected chi connectivity index (χ2v) is 7.71. The highest BCUT2D eigenvalue weighted by molar-refractivity contribution is 7.99. The molecule has 0 saturated heterocycles. The molecule has 2 heterocycles. The number of fused-ring (bicyclic) bond motifs is 1. The molecule has 2 aromatic rings. The molecule has 1 atom stereocenters. The molecule has 1 aliphatic heterocycles. The first-order chi connectivity index (χ1) is 14.0. The molecular formula is C21H20ClN3O3S. The van der Waals surface area contributed by atoms with Crippen LogP contribution < -0.4 is 10.9 Å². The summed E-state index contributed by atoms with van der Waals surface area (Å²) in [6.45, 7) is 9.08. The number of H-pyrrole nitrogens is 1. The summed E-state index contributed by atoms with van der Waals surface area (Å²) in [5, 5.41) is 4.12. The Morgan fingerprint density at radius 2 is 2.03 bits per heavy atom. The van der Waals surface area contributed by atoms with E-state index in [0.717, 1.165) is 5.56 Å². The van der Waals surface area contributed by atoms with Crippen LogP contribution in [0.4, 0.5) is 5.82 Å². The summed E-state index contributed by atoms with van der Waals surface area (Å²) in [5.74, 6) is -0.144. The number of carbonyl (C=O) groups excluding carboxylic acids is 1. The fourth-order valence-corrected chi connectivity index (χ4v) is 3.83. The SMILES string of the molecule is C=CCOC(=O)C1=C(C)Nc2nc(SCC=C)[nH]c(=O)c2C1c1ccc(Cl)cc1. The van der Waals surface area contributed by atoms with Crippen LogP contribution >= 0.6 is 23.4 Å². The van der Waals surface area contributed by atoms with Gasteiger partial charge in [0.05, 0.1) is 17.1 Å². The molecule has 8 heteroatoms. The number of halogens is 1. The molecule has 1 aliphatic rings. The Hall–Kier alpha value is -2.77. The molecule has 29 heavy (non-hydrogen) atoms. The van der Waals surface area contributed by atoms with Gasteiger partial charge in [-0.05, 0) is 24.6 Å². The number of benzene rings is 1. The van der Waals surface area contributed by atoms with Crippen molar-refractivity contribution in [1.82, 2.24) is 9.97 Å². The summed E-state index contributed by atoms with van der Waals surface area (Å²) in [6, 6.07) is 7.01. The third kappa shape index (κ3) is 4.46. The lowest BCUT2D eigenvalue weighted by Gasteiger charge is -2.28. The first kappa shape index (κ1) is 21.0. The number of hydrogen-bond acceptors (Lipinski definition) is 6. The highest BCUT2D eigenvalue weighted by atomic mass is 35.5. The molecule has 150 valence electrons. The summed E-state index contributed by atoms with van der Waals surface area (Å²) < 4.78 is 5.28. The largest absolute Gasteiger partial charge is 0.458 e. The Bertz CT molecular complexity index is 1040. The first-order valence-corrected chi connectivity index (χ1v) is 10.2. The third-order valence-electron chi connectivity index (χ3n) is 4.31. The van der Waals surface area contributed by atoms with Crippen LogP contribution in [0.3, 0.4) is 0 Å². The van der Waals surface area contributed by atoms with Gasteiger partial charge in [0, 0.05) is 16.5 Å². The molecule has 0 amide bonds. The van der Waals surface area contributed by atoms with Crippen LogP contribution in [0, 0.1) is 0 Å². The molecule has 3 rings (SSSR count). The van der Waals surface area contributed by atoms with Crippen LogP contribution in [0.2, 0.25) is 5.02 Å². The van der Waals surface area contributed by atoms with E-state index in [1.165, 1.54) is 17.8 Å². The summed E-state index contributed by atoms with van der Waals surface area (Å²) in [4.78, 5) is 33.1. The number of anilines is 1. The highest BCUT2D eigenvalue weighted by Crippen LogP contribution is 2.40. The Labute approximate surface area is 177 Å². The van der Waals surface area contributed by atoms with Gasteiger partial charge in [0.2, 0.25) is 0 Å². The number of nitrogens with zero attached hydrogens (tertiary/aromatic N) is 1. The molecule has 0 aliphatic carbocycles. The zero-order valence-electron chi connectivity index (χ0n) is 15.8. The number of allylic oxidation sites excluding steroid dienone is 1. The quantitative estimate of drug-likeness (QED) is 0.296. The van der Waals surface area contributed by atoms with Crippen LogP contribution in [0.5, 0.6) is 0 Å². The zero-order valence-corrected chi connectivity index (χ0v) is 17.4. The lowest BCUT2D eigenvalue weighted by Crippen LogP contribution is -2.31. The second-order valence-electron chi connectivity index (χ2n) is 6.27. The van der Waals surface area contributed by atoms with Crippen molar-refractivity contribution in [3.8, 4) is 0 Å². The van der Waals surface area contributed by atoms with Crippen molar-refractivity contribution in [1.29, 1.82) is 0 Å². The number of aromatic amines is 1. The summed E-state index contributed by atoms with van der Waals surface area (Å²) in [6.07, 6.45) is 3.22. The molecule has 1 aromatic heterocycles. The Balaban J connectivity index is 2.17. The van der Waals surface area contributed by atoms with E-state index >= 15 is 0 Å². The van der Waals surface area contributed by atoms with Gasteiger partial charge in [-0.15, -0.1) is 6.58 Å². The maximum Gasteiger partial charge on any atom is 0.337 e. The summed E-state index contributed by atoms with van der Waals surface area (Å²) in [5.41, 5.74) is 1.69. The molecular weight excluding hydrogens is 410 g/mol. The number of thioether (sulfide) groups is 1. The maximum absolute atomic E-state index is 13.0. The van der Waals surface area contributed by atoms with Crippen LogP contribution in [-0.4, -0.2) is 28.3 Å². The van der Waals surface area contributed by atoms with E-state index in [9.17, 15) is 9.59 Å². The van der Waals surface area contributed by atoms with E-state index in [2.05, 4.69) is 28.4 Å².